The molecule has 0 atom stereocenters. The van der Waals surface area contributed by atoms with E-state index in [4.69, 9.17) is 8.94 Å². The zero-order valence-corrected chi connectivity index (χ0v) is 13.2. The number of hydrogen-bond donors (Lipinski definition) is 1. The molecular weight excluding hydrogens is 306 g/mol. The molecule has 8 heteroatoms. The van der Waals surface area contributed by atoms with Crippen molar-refractivity contribution in [2.75, 3.05) is 0 Å². The SMILES string of the molecule is Cc1nc2ccc(CNS(=O)(=O)c3c(C)noc3C)cc2o1. The van der Waals surface area contributed by atoms with Crippen molar-refractivity contribution in [1.82, 2.24) is 14.9 Å². The molecule has 0 aliphatic carbocycles. The summed E-state index contributed by atoms with van der Waals surface area (Å²) < 4.78 is 37.5. The van der Waals surface area contributed by atoms with Crippen molar-refractivity contribution in [2.24, 2.45) is 0 Å². The van der Waals surface area contributed by atoms with Crippen LogP contribution in [0, 0.1) is 20.8 Å². The van der Waals surface area contributed by atoms with Gasteiger partial charge in [-0.15, -0.1) is 0 Å². The van der Waals surface area contributed by atoms with Crippen molar-refractivity contribution in [3.8, 4) is 0 Å². The third-order valence-corrected chi connectivity index (χ3v) is 4.91. The maximum Gasteiger partial charge on any atom is 0.246 e. The number of oxazole rings is 1. The summed E-state index contributed by atoms with van der Waals surface area (Å²) in [6.45, 7) is 5.06. The second-order valence-corrected chi connectivity index (χ2v) is 6.72. The Balaban J connectivity index is 1.84. The van der Waals surface area contributed by atoms with Gasteiger partial charge in [0.1, 0.15) is 16.1 Å². The first-order valence-electron chi connectivity index (χ1n) is 6.65. The van der Waals surface area contributed by atoms with Crippen LogP contribution in [-0.2, 0) is 16.6 Å². The molecule has 0 bridgehead atoms. The highest BCUT2D eigenvalue weighted by atomic mass is 32.2. The van der Waals surface area contributed by atoms with Crippen LogP contribution in [0.2, 0.25) is 0 Å². The van der Waals surface area contributed by atoms with E-state index in [9.17, 15) is 8.42 Å². The molecule has 2 aromatic heterocycles. The molecule has 0 amide bonds. The van der Waals surface area contributed by atoms with Crippen LogP contribution in [0.4, 0.5) is 0 Å². The molecule has 0 spiro atoms. The Morgan fingerprint density at radius 2 is 2.00 bits per heavy atom. The fourth-order valence-electron chi connectivity index (χ4n) is 2.30. The van der Waals surface area contributed by atoms with E-state index in [2.05, 4.69) is 14.9 Å². The van der Waals surface area contributed by atoms with E-state index in [0.29, 0.717) is 17.2 Å². The highest BCUT2D eigenvalue weighted by Gasteiger charge is 2.23. The molecule has 0 radical (unpaired) electrons. The lowest BCUT2D eigenvalue weighted by Gasteiger charge is -2.06. The van der Waals surface area contributed by atoms with Crippen LogP contribution in [0.3, 0.4) is 0 Å². The van der Waals surface area contributed by atoms with Gasteiger partial charge in [-0.25, -0.2) is 18.1 Å². The summed E-state index contributed by atoms with van der Waals surface area (Å²) in [4.78, 5) is 4.29. The van der Waals surface area contributed by atoms with E-state index >= 15 is 0 Å². The van der Waals surface area contributed by atoms with Gasteiger partial charge < -0.3 is 8.94 Å². The molecule has 1 N–H and O–H groups in total. The predicted molar refractivity (Wildman–Crippen MR) is 78.7 cm³/mol. The van der Waals surface area contributed by atoms with Crippen LogP contribution in [0.5, 0.6) is 0 Å². The zero-order valence-electron chi connectivity index (χ0n) is 12.4. The quantitative estimate of drug-likeness (QED) is 0.791. The fourth-order valence-corrected chi connectivity index (χ4v) is 3.65. The van der Waals surface area contributed by atoms with E-state index in [1.165, 1.54) is 0 Å². The summed E-state index contributed by atoms with van der Waals surface area (Å²) in [5.74, 6) is 0.842. The van der Waals surface area contributed by atoms with Crippen molar-refractivity contribution in [3.63, 3.8) is 0 Å². The molecule has 3 rings (SSSR count). The van der Waals surface area contributed by atoms with Gasteiger partial charge in [-0.2, -0.15) is 0 Å². The van der Waals surface area contributed by atoms with Crippen molar-refractivity contribution in [1.29, 1.82) is 0 Å². The number of aryl methyl sites for hydroxylation is 3. The second-order valence-electron chi connectivity index (χ2n) is 5.01. The number of hydrogen-bond acceptors (Lipinski definition) is 6. The van der Waals surface area contributed by atoms with Crippen LogP contribution < -0.4 is 4.72 Å². The number of nitrogens with zero attached hydrogens (tertiary/aromatic N) is 2. The maximum absolute atomic E-state index is 12.3. The molecular formula is C14H15N3O4S. The molecule has 116 valence electrons. The molecule has 0 unspecified atom stereocenters. The smallest absolute Gasteiger partial charge is 0.246 e. The molecule has 0 saturated heterocycles. The highest BCUT2D eigenvalue weighted by molar-refractivity contribution is 7.89. The van der Waals surface area contributed by atoms with Crippen LogP contribution in [0.1, 0.15) is 22.9 Å². The van der Waals surface area contributed by atoms with E-state index < -0.39 is 10.0 Å². The van der Waals surface area contributed by atoms with Gasteiger partial charge >= 0.3 is 0 Å². The van der Waals surface area contributed by atoms with Crippen molar-refractivity contribution in [3.05, 3.63) is 41.1 Å². The standard InChI is InChI=1S/C14H15N3O4S/c1-8-14(9(2)21-17-8)22(18,19)15-7-11-4-5-12-13(6-11)20-10(3)16-12/h4-6,15H,7H2,1-3H3. The molecule has 0 saturated carbocycles. The number of benzene rings is 1. The Morgan fingerprint density at radius 1 is 1.23 bits per heavy atom. The summed E-state index contributed by atoms with van der Waals surface area (Å²) in [5.41, 5.74) is 2.49. The van der Waals surface area contributed by atoms with Gasteiger partial charge in [-0.1, -0.05) is 11.2 Å². The molecule has 2 heterocycles. The molecule has 22 heavy (non-hydrogen) atoms. The number of rotatable bonds is 4. The average molecular weight is 321 g/mol. The summed E-state index contributed by atoms with van der Waals surface area (Å²) in [7, 11) is -3.68. The van der Waals surface area contributed by atoms with Gasteiger partial charge in [0.25, 0.3) is 0 Å². The third kappa shape index (κ3) is 2.62. The maximum atomic E-state index is 12.3. The number of aromatic nitrogens is 2. The lowest BCUT2D eigenvalue weighted by Crippen LogP contribution is -2.24. The monoisotopic (exact) mass is 321 g/mol. The van der Waals surface area contributed by atoms with Gasteiger partial charge in [0, 0.05) is 13.5 Å². The van der Waals surface area contributed by atoms with Crippen molar-refractivity contribution < 1.29 is 17.4 Å². The van der Waals surface area contributed by atoms with Crippen LogP contribution in [0.25, 0.3) is 11.1 Å². The molecule has 1 aromatic carbocycles. The molecule has 0 aliphatic heterocycles. The second kappa shape index (κ2) is 5.22. The first-order valence-corrected chi connectivity index (χ1v) is 8.14. The van der Waals surface area contributed by atoms with Crippen molar-refractivity contribution >= 4 is 21.1 Å². The third-order valence-electron chi connectivity index (χ3n) is 3.26. The minimum Gasteiger partial charge on any atom is -0.441 e. The van der Waals surface area contributed by atoms with Gasteiger partial charge in [-0.3, -0.25) is 0 Å². The molecule has 0 aliphatic rings. The van der Waals surface area contributed by atoms with E-state index in [0.717, 1.165) is 11.1 Å². The Bertz CT molecular complexity index is 921. The summed E-state index contributed by atoms with van der Waals surface area (Å²) >= 11 is 0. The van der Waals surface area contributed by atoms with Crippen LogP contribution >= 0.6 is 0 Å². The van der Waals surface area contributed by atoms with Crippen LogP contribution in [0.15, 0.2) is 32.0 Å². The largest absolute Gasteiger partial charge is 0.441 e. The van der Waals surface area contributed by atoms with Gasteiger partial charge in [0.15, 0.2) is 17.2 Å². The Morgan fingerprint density at radius 3 is 2.68 bits per heavy atom. The van der Waals surface area contributed by atoms with E-state index in [-0.39, 0.29) is 17.2 Å². The topological polar surface area (TPSA) is 98.2 Å². The van der Waals surface area contributed by atoms with Gasteiger partial charge in [-0.05, 0) is 31.5 Å². The minimum atomic E-state index is -3.68. The first-order chi connectivity index (χ1) is 10.4. The summed E-state index contributed by atoms with van der Waals surface area (Å²) in [5, 5.41) is 3.66. The minimum absolute atomic E-state index is 0.0871. The summed E-state index contributed by atoms with van der Waals surface area (Å²) in [6, 6.07) is 5.37. The number of sulfonamides is 1. The zero-order chi connectivity index (χ0) is 15.9. The first kappa shape index (κ1) is 14.7. The van der Waals surface area contributed by atoms with Gasteiger partial charge in [0.2, 0.25) is 10.0 Å². The Hall–Kier alpha value is -2.19. The van der Waals surface area contributed by atoms with Gasteiger partial charge in [0.05, 0.1) is 0 Å². The molecule has 3 aromatic rings. The van der Waals surface area contributed by atoms with Crippen molar-refractivity contribution in [2.45, 2.75) is 32.2 Å². The fraction of sp³-hybridized carbons (Fsp3) is 0.286. The average Bonchev–Trinajstić information content (AvgIpc) is 2.98. The van der Waals surface area contributed by atoms with Crippen LogP contribution in [-0.4, -0.2) is 18.6 Å². The number of nitrogens with one attached hydrogen (secondary N) is 1. The molecule has 0 fully saturated rings. The lowest BCUT2D eigenvalue weighted by atomic mass is 10.2. The summed E-state index contributed by atoms with van der Waals surface area (Å²) in [6.07, 6.45) is 0. The lowest BCUT2D eigenvalue weighted by molar-refractivity contribution is 0.390. The number of fused-ring (bicyclic) bond motifs is 1. The highest BCUT2D eigenvalue weighted by Crippen LogP contribution is 2.20. The van der Waals surface area contributed by atoms with E-state index in [1.807, 2.05) is 0 Å². The van der Waals surface area contributed by atoms with E-state index in [1.54, 1.807) is 39.0 Å². The normalized spacial score (nSPS) is 12.1. The Labute approximate surface area is 127 Å². The Kier molecular flexibility index (Phi) is 3.50. The molecule has 7 nitrogen and oxygen atoms in total. The predicted octanol–water partition coefficient (Wildman–Crippen LogP) is 2.22.